The van der Waals surface area contributed by atoms with Crippen LogP contribution in [-0.2, 0) is 0 Å². The van der Waals surface area contributed by atoms with Crippen molar-refractivity contribution >= 4 is 16.6 Å². The average molecular weight is 396 g/mol. The van der Waals surface area contributed by atoms with E-state index < -0.39 is 0 Å². The lowest BCUT2D eigenvalue weighted by molar-refractivity contribution is 0.254. The van der Waals surface area contributed by atoms with Crippen molar-refractivity contribution in [3.63, 3.8) is 0 Å². The summed E-state index contributed by atoms with van der Waals surface area (Å²) in [6, 6.07) is 4.21. The van der Waals surface area contributed by atoms with Gasteiger partial charge in [0.2, 0.25) is 0 Å². The molecule has 5 nitrogen and oxygen atoms in total. The van der Waals surface area contributed by atoms with Crippen molar-refractivity contribution < 1.29 is 9.47 Å². The molecule has 2 aromatic rings. The summed E-state index contributed by atoms with van der Waals surface area (Å²) in [5.41, 5.74) is 5.06. The molecule has 1 aromatic carbocycles. The molecule has 2 heterocycles. The zero-order chi connectivity index (χ0) is 19.8. The lowest BCUT2D eigenvalue weighted by Gasteiger charge is -2.19. The van der Waals surface area contributed by atoms with Crippen LogP contribution in [0.4, 0.5) is 5.69 Å². The Morgan fingerprint density at radius 1 is 1.10 bits per heavy atom. The SMILES string of the molecule is CNc1c2c(nc3cc(OCCCN4CCCC4)c(OC)cc13)C1CCCC2C1. The van der Waals surface area contributed by atoms with Crippen molar-refractivity contribution in [1.29, 1.82) is 0 Å². The maximum absolute atomic E-state index is 6.16. The van der Waals surface area contributed by atoms with Crippen LogP contribution < -0.4 is 14.8 Å². The Hall–Kier alpha value is -2.01. The predicted octanol–water partition coefficient (Wildman–Crippen LogP) is 4.90. The van der Waals surface area contributed by atoms with Gasteiger partial charge in [0.1, 0.15) is 0 Å². The topological polar surface area (TPSA) is 46.6 Å². The number of rotatable bonds is 7. The van der Waals surface area contributed by atoms with Crippen molar-refractivity contribution in [2.45, 2.75) is 56.8 Å². The number of nitrogens with zero attached hydrogens (tertiary/aromatic N) is 2. The van der Waals surface area contributed by atoms with Crippen LogP contribution in [0.15, 0.2) is 12.1 Å². The number of anilines is 1. The van der Waals surface area contributed by atoms with Gasteiger partial charge in [-0.25, -0.2) is 0 Å². The number of benzene rings is 1. The summed E-state index contributed by atoms with van der Waals surface area (Å²) in [6.45, 7) is 4.31. The van der Waals surface area contributed by atoms with E-state index in [2.05, 4.69) is 22.3 Å². The summed E-state index contributed by atoms with van der Waals surface area (Å²) in [5, 5.41) is 4.65. The number of fused-ring (bicyclic) bond motifs is 6. The highest BCUT2D eigenvalue weighted by Crippen LogP contribution is 2.54. The van der Waals surface area contributed by atoms with E-state index in [-0.39, 0.29) is 0 Å². The molecule has 0 radical (unpaired) electrons. The zero-order valence-corrected chi connectivity index (χ0v) is 17.8. The van der Waals surface area contributed by atoms with E-state index in [9.17, 15) is 0 Å². The van der Waals surface area contributed by atoms with E-state index >= 15 is 0 Å². The molecule has 2 aliphatic carbocycles. The Morgan fingerprint density at radius 2 is 1.93 bits per heavy atom. The van der Waals surface area contributed by atoms with Crippen LogP contribution in [0.5, 0.6) is 11.5 Å². The molecular weight excluding hydrogens is 362 g/mol. The summed E-state index contributed by atoms with van der Waals surface area (Å²) in [6.07, 6.45) is 8.88. The van der Waals surface area contributed by atoms with Gasteiger partial charge in [-0.2, -0.15) is 0 Å². The first-order valence-electron chi connectivity index (χ1n) is 11.4. The van der Waals surface area contributed by atoms with Crippen LogP contribution >= 0.6 is 0 Å². The van der Waals surface area contributed by atoms with Crippen LogP contribution in [-0.4, -0.2) is 50.3 Å². The fourth-order valence-corrected chi connectivity index (χ4v) is 5.75. The van der Waals surface area contributed by atoms with E-state index in [0.717, 1.165) is 35.4 Å². The first-order valence-corrected chi connectivity index (χ1v) is 11.4. The molecule has 1 aliphatic heterocycles. The normalized spacial score (nSPS) is 23.4. The molecular formula is C24H33N3O2. The summed E-state index contributed by atoms with van der Waals surface area (Å²) in [5.74, 6) is 2.91. The number of methoxy groups -OCH3 is 1. The highest BCUT2D eigenvalue weighted by Gasteiger charge is 2.38. The number of nitrogens with one attached hydrogen (secondary N) is 1. The monoisotopic (exact) mass is 395 g/mol. The Balaban J connectivity index is 1.43. The molecule has 5 heteroatoms. The quantitative estimate of drug-likeness (QED) is 0.675. The molecule has 1 saturated heterocycles. The molecule has 0 amide bonds. The molecule has 2 fully saturated rings. The molecule has 1 aromatic heterocycles. The molecule has 2 unspecified atom stereocenters. The number of likely N-dealkylation sites (tertiary alicyclic amines) is 1. The second-order valence-corrected chi connectivity index (χ2v) is 8.87. The summed E-state index contributed by atoms with van der Waals surface area (Å²) >= 11 is 0. The maximum atomic E-state index is 6.16. The highest BCUT2D eigenvalue weighted by molar-refractivity contribution is 5.96. The van der Waals surface area contributed by atoms with E-state index in [4.69, 9.17) is 14.5 Å². The van der Waals surface area contributed by atoms with Gasteiger partial charge in [-0.1, -0.05) is 6.42 Å². The average Bonchev–Trinajstić information content (AvgIpc) is 3.35. The molecule has 3 aliphatic rings. The summed E-state index contributed by atoms with van der Waals surface area (Å²) in [4.78, 5) is 7.68. The Labute approximate surface area is 173 Å². The fourth-order valence-electron chi connectivity index (χ4n) is 5.75. The van der Waals surface area contributed by atoms with Gasteiger partial charge >= 0.3 is 0 Å². The van der Waals surface area contributed by atoms with Gasteiger partial charge in [-0.3, -0.25) is 4.98 Å². The van der Waals surface area contributed by atoms with Gasteiger partial charge in [0.15, 0.2) is 11.5 Å². The van der Waals surface area contributed by atoms with Crippen molar-refractivity contribution in [3.05, 3.63) is 23.4 Å². The second-order valence-electron chi connectivity index (χ2n) is 8.87. The molecule has 29 heavy (non-hydrogen) atoms. The Kier molecular flexibility index (Phi) is 5.25. The third kappa shape index (κ3) is 3.43. The van der Waals surface area contributed by atoms with Crippen molar-refractivity contribution in [3.8, 4) is 11.5 Å². The van der Waals surface area contributed by atoms with Crippen LogP contribution in [0.25, 0.3) is 10.9 Å². The fraction of sp³-hybridized carbons (Fsp3) is 0.625. The molecule has 0 spiro atoms. The molecule has 5 rings (SSSR count). The number of pyridine rings is 1. The van der Waals surface area contributed by atoms with Gasteiger partial charge in [0.05, 0.1) is 19.2 Å². The third-order valence-electron chi connectivity index (χ3n) is 7.13. The second kappa shape index (κ2) is 8.02. The third-order valence-corrected chi connectivity index (χ3v) is 7.13. The van der Waals surface area contributed by atoms with Gasteiger partial charge in [0.25, 0.3) is 0 Å². The lowest BCUT2D eigenvalue weighted by Crippen LogP contribution is -2.21. The standard InChI is InChI=1S/C24H33N3O2/c1-25-24-18-14-20(28-2)21(29-12-6-11-27-9-3-4-10-27)15-19(18)26-23-17-8-5-7-16(13-17)22(23)24/h14-17H,3-13H2,1-2H3,(H,25,26). The maximum Gasteiger partial charge on any atom is 0.163 e. The minimum absolute atomic E-state index is 0.632. The van der Waals surface area contributed by atoms with Crippen molar-refractivity contribution in [2.24, 2.45) is 0 Å². The van der Waals surface area contributed by atoms with Crippen molar-refractivity contribution in [2.75, 3.05) is 45.7 Å². The van der Waals surface area contributed by atoms with Crippen LogP contribution in [0, 0.1) is 0 Å². The van der Waals surface area contributed by atoms with E-state index in [0.29, 0.717) is 18.4 Å². The lowest BCUT2D eigenvalue weighted by atomic mass is 9.87. The summed E-state index contributed by atoms with van der Waals surface area (Å²) in [7, 11) is 3.76. The number of aromatic nitrogens is 1. The van der Waals surface area contributed by atoms with E-state index in [1.165, 1.54) is 68.6 Å². The molecule has 2 bridgehead atoms. The van der Waals surface area contributed by atoms with E-state index in [1.54, 1.807) is 7.11 Å². The van der Waals surface area contributed by atoms with Gasteiger partial charge < -0.3 is 19.7 Å². The van der Waals surface area contributed by atoms with Crippen LogP contribution in [0.3, 0.4) is 0 Å². The van der Waals surface area contributed by atoms with Crippen LogP contribution in [0.2, 0.25) is 0 Å². The Bertz CT molecular complexity index is 892. The number of hydrogen-bond acceptors (Lipinski definition) is 5. The zero-order valence-electron chi connectivity index (χ0n) is 17.8. The van der Waals surface area contributed by atoms with Crippen molar-refractivity contribution in [1.82, 2.24) is 9.88 Å². The smallest absolute Gasteiger partial charge is 0.163 e. The minimum Gasteiger partial charge on any atom is -0.493 e. The molecule has 1 saturated carbocycles. The largest absolute Gasteiger partial charge is 0.493 e. The molecule has 156 valence electrons. The first kappa shape index (κ1) is 19.0. The highest BCUT2D eigenvalue weighted by atomic mass is 16.5. The first-order chi connectivity index (χ1) is 14.3. The summed E-state index contributed by atoms with van der Waals surface area (Å²) < 4.78 is 11.9. The predicted molar refractivity (Wildman–Crippen MR) is 118 cm³/mol. The van der Waals surface area contributed by atoms with Gasteiger partial charge in [-0.15, -0.1) is 0 Å². The van der Waals surface area contributed by atoms with Gasteiger partial charge in [0, 0.05) is 47.9 Å². The molecule has 2 atom stereocenters. The number of ether oxygens (including phenoxy) is 2. The van der Waals surface area contributed by atoms with Gasteiger partial charge in [-0.05, 0) is 63.6 Å². The Morgan fingerprint density at radius 3 is 2.72 bits per heavy atom. The minimum atomic E-state index is 0.632. The van der Waals surface area contributed by atoms with Crippen LogP contribution in [0.1, 0.15) is 68.0 Å². The van der Waals surface area contributed by atoms with E-state index in [1.807, 2.05) is 7.05 Å². The molecule has 1 N–H and O–H groups in total. The number of hydrogen-bond donors (Lipinski definition) is 1.